The number of carbonyl (C=O) groups is 2. The fourth-order valence-electron chi connectivity index (χ4n) is 4.31. The van der Waals surface area contributed by atoms with E-state index in [-0.39, 0.29) is 17.6 Å². The standard InChI is InChI=1S/C18H18N6O3S/c1-22-10-20-15-13(22)2-5-24(16(25)12-3-7-28-21-12)18(15)4-6-23(9-18)17(26)14-8-19-11-27-14/h3,7-8,10-11H,2,4-6,9H2,1H3. The molecule has 144 valence electrons. The fourth-order valence-corrected chi connectivity index (χ4v) is 4.82. The second-order valence-electron chi connectivity index (χ2n) is 7.12. The minimum Gasteiger partial charge on any atom is -0.438 e. The summed E-state index contributed by atoms with van der Waals surface area (Å²) in [4.78, 5) is 38.1. The SMILES string of the molecule is Cn1cnc2c1CCN(C(=O)c1ccsn1)C21CCN(C(=O)c2cnco2)C1. The molecule has 0 saturated carbocycles. The zero-order valence-electron chi connectivity index (χ0n) is 15.2. The van der Waals surface area contributed by atoms with Crippen molar-refractivity contribution in [3.8, 4) is 0 Å². The van der Waals surface area contributed by atoms with Crippen molar-refractivity contribution in [1.29, 1.82) is 0 Å². The number of amides is 2. The number of imidazole rings is 1. The molecule has 2 aliphatic heterocycles. The second-order valence-corrected chi connectivity index (χ2v) is 7.78. The third-order valence-corrected chi connectivity index (χ3v) is 6.23. The molecule has 28 heavy (non-hydrogen) atoms. The first-order valence-corrected chi connectivity index (χ1v) is 9.84. The highest BCUT2D eigenvalue weighted by Gasteiger charge is 2.53. The molecule has 2 aliphatic rings. The Hall–Kier alpha value is -3.01. The number of rotatable bonds is 2. The molecule has 10 heteroatoms. The maximum absolute atomic E-state index is 13.2. The Morgan fingerprint density at radius 2 is 2.18 bits per heavy atom. The van der Waals surface area contributed by atoms with Gasteiger partial charge in [-0.1, -0.05) is 0 Å². The topological polar surface area (TPSA) is 97.4 Å². The Labute approximate surface area is 164 Å². The van der Waals surface area contributed by atoms with E-state index in [9.17, 15) is 9.59 Å². The number of fused-ring (bicyclic) bond motifs is 2. The quantitative estimate of drug-likeness (QED) is 0.646. The Balaban J connectivity index is 1.55. The van der Waals surface area contributed by atoms with E-state index in [0.29, 0.717) is 31.7 Å². The normalized spacial score (nSPS) is 21.3. The molecule has 1 unspecified atom stereocenters. The van der Waals surface area contributed by atoms with E-state index in [2.05, 4.69) is 14.3 Å². The van der Waals surface area contributed by atoms with Gasteiger partial charge < -0.3 is 18.8 Å². The molecular formula is C18H18N6O3S. The molecule has 5 rings (SSSR count). The molecule has 3 aromatic rings. The van der Waals surface area contributed by atoms with E-state index >= 15 is 0 Å². The van der Waals surface area contributed by atoms with Crippen LogP contribution < -0.4 is 0 Å². The third-order valence-electron chi connectivity index (χ3n) is 5.67. The second kappa shape index (κ2) is 6.26. The smallest absolute Gasteiger partial charge is 0.291 e. The largest absolute Gasteiger partial charge is 0.438 e. The van der Waals surface area contributed by atoms with Gasteiger partial charge in [-0.2, -0.15) is 4.37 Å². The molecule has 0 N–H and O–H groups in total. The van der Waals surface area contributed by atoms with Gasteiger partial charge in [0.15, 0.2) is 6.39 Å². The first-order valence-electron chi connectivity index (χ1n) is 9.01. The molecule has 1 fully saturated rings. The number of aryl methyl sites for hydroxylation is 1. The van der Waals surface area contributed by atoms with Crippen LogP contribution in [-0.4, -0.2) is 60.2 Å². The number of hydrogen-bond acceptors (Lipinski definition) is 7. The van der Waals surface area contributed by atoms with E-state index in [1.54, 1.807) is 22.7 Å². The number of hydrogen-bond donors (Lipinski definition) is 0. The highest BCUT2D eigenvalue weighted by atomic mass is 32.1. The van der Waals surface area contributed by atoms with Gasteiger partial charge in [0.1, 0.15) is 11.2 Å². The number of oxazole rings is 1. The number of carbonyl (C=O) groups excluding carboxylic acids is 2. The van der Waals surface area contributed by atoms with Crippen molar-refractivity contribution >= 4 is 23.3 Å². The average molecular weight is 398 g/mol. The minimum atomic E-state index is -0.661. The molecule has 3 aromatic heterocycles. The lowest BCUT2D eigenvalue weighted by Gasteiger charge is -2.43. The summed E-state index contributed by atoms with van der Waals surface area (Å²) in [5, 5.41) is 1.80. The predicted octanol–water partition coefficient (Wildman–Crippen LogP) is 1.30. The van der Waals surface area contributed by atoms with Gasteiger partial charge in [-0.15, -0.1) is 0 Å². The van der Waals surface area contributed by atoms with E-state index in [0.717, 1.165) is 17.8 Å². The Morgan fingerprint density at radius 3 is 2.93 bits per heavy atom. The summed E-state index contributed by atoms with van der Waals surface area (Å²) >= 11 is 1.26. The van der Waals surface area contributed by atoms with E-state index in [1.165, 1.54) is 24.1 Å². The maximum Gasteiger partial charge on any atom is 0.291 e. The highest BCUT2D eigenvalue weighted by molar-refractivity contribution is 7.03. The molecule has 1 atom stereocenters. The predicted molar refractivity (Wildman–Crippen MR) is 98.8 cm³/mol. The maximum atomic E-state index is 13.2. The van der Waals surface area contributed by atoms with Gasteiger partial charge in [-0.25, -0.2) is 9.97 Å². The molecule has 1 saturated heterocycles. The Kier molecular flexibility index (Phi) is 3.83. The van der Waals surface area contributed by atoms with Crippen molar-refractivity contribution in [1.82, 2.24) is 28.7 Å². The van der Waals surface area contributed by atoms with Crippen LogP contribution in [0.1, 0.15) is 38.9 Å². The lowest BCUT2D eigenvalue weighted by atomic mass is 9.85. The van der Waals surface area contributed by atoms with E-state index in [4.69, 9.17) is 4.42 Å². The van der Waals surface area contributed by atoms with Crippen molar-refractivity contribution in [3.63, 3.8) is 0 Å². The number of nitrogens with zero attached hydrogens (tertiary/aromatic N) is 6. The Morgan fingerprint density at radius 1 is 1.29 bits per heavy atom. The van der Waals surface area contributed by atoms with Gasteiger partial charge in [0.05, 0.1) is 24.8 Å². The molecule has 0 aromatic carbocycles. The molecule has 0 radical (unpaired) electrons. The summed E-state index contributed by atoms with van der Waals surface area (Å²) in [5.74, 6) is -0.142. The van der Waals surface area contributed by atoms with Gasteiger partial charge in [0, 0.05) is 37.6 Å². The molecule has 0 aliphatic carbocycles. The van der Waals surface area contributed by atoms with Crippen LogP contribution in [0.4, 0.5) is 0 Å². The van der Waals surface area contributed by atoms with Gasteiger partial charge in [0.2, 0.25) is 5.76 Å². The fraction of sp³-hybridized carbons (Fsp3) is 0.389. The summed E-state index contributed by atoms with van der Waals surface area (Å²) in [6.07, 6.45) is 5.78. The van der Waals surface area contributed by atoms with Gasteiger partial charge >= 0.3 is 0 Å². The first kappa shape index (κ1) is 17.1. The van der Waals surface area contributed by atoms with Crippen molar-refractivity contribution in [2.75, 3.05) is 19.6 Å². The van der Waals surface area contributed by atoms with Crippen molar-refractivity contribution < 1.29 is 14.0 Å². The van der Waals surface area contributed by atoms with E-state index in [1.807, 2.05) is 16.5 Å². The lowest BCUT2D eigenvalue weighted by Crippen LogP contribution is -2.55. The molecule has 9 nitrogen and oxygen atoms in total. The lowest BCUT2D eigenvalue weighted by molar-refractivity contribution is 0.0397. The molecule has 0 bridgehead atoms. The zero-order valence-corrected chi connectivity index (χ0v) is 16.1. The van der Waals surface area contributed by atoms with Crippen LogP contribution in [-0.2, 0) is 19.0 Å². The van der Waals surface area contributed by atoms with Crippen LogP contribution in [0.25, 0.3) is 0 Å². The van der Waals surface area contributed by atoms with Crippen LogP contribution >= 0.6 is 11.5 Å². The van der Waals surface area contributed by atoms with Crippen molar-refractivity contribution in [3.05, 3.63) is 53.2 Å². The zero-order chi connectivity index (χ0) is 19.3. The molecular weight excluding hydrogens is 380 g/mol. The molecule has 5 heterocycles. The Bertz CT molecular complexity index is 1030. The van der Waals surface area contributed by atoms with Gasteiger partial charge in [-0.05, 0) is 24.0 Å². The van der Waals surface area contributed by atoms with Crippen LogP contribution in [0.15, 0.2) is 34.8 Å². The average Bonchev–Trinajstić information content (AvgIpc) is 3.49. The minimum absolute atomic E-state index is 0.119. The van der Waals surface area contributed by atoms with Gasteiger partial charge in [0.25, 0.3) is 11.8 Å². The summed E-state index contributed by atoms with van der Waals surface area (Å²) in [6, 6.07) is 1.74. The molecule has 1 spiro atoms. The van der Waals surface area contributed by atoms with Crippen LogP contribution in [0.5, 0.6) is 0 Å². The monoisotopic (exact) mass is 398 g/mol. The van der Waals surface area contributed by atoms with Crippen LogP contribution in [0, 0.1) is 0 Å². The molecule has 2 amide bonds. The third kappa shape index (κ3) is 2.40. The van der Waals surface area contributed by atoms with Gasteiger partial charge in [-0.3, -0.25) is 9.59 Å². The van der Waals surface area contributed by atoms with Crippen LogP contribution in [0.3, 0.4) is 0 Å². The number of likely N-dealkylation sites (tertiary alicyclic amines) is 1. The summed E-state index contributed by atoms with van der Waals surface area (Å²) in [5.41, 5.74) is 1.75. The highest BCUT2D eigenvalue weighted by Crippen LogP contribution is 2.43. The summed E-state index contributed by atoms with van der Waals surface area (Å²) in [7, 11) is 1.96. The first-order chi connectivity index (χ1) is 13.6. The van der Waals surface area contributed by atoms with Crippen molar-refractivity contribution in [2.45, 2.75) is 18.4 Å². The number of aromatic nitrogens is 4. The van der Waals surface area contributed by atoms with E-state index < -0.39 is 5.54 Å². The van der Waals surface area contributed by atoms with Crippen molar-refractivity contribution in [2.24, 2.45) is 7.05 Å². The summed E-state index contributed by atoms with van der Waals surface area (Å²) in [6.45, 7) is 1.44. The summed E-state index contributed by atoms with van der Waals surface area (Å²) < 4.78 is 11.4. The van der Waals surface area contributed by atoms with Crippen LogP contribution in [0.2, 0.25) is 0 Å².